The van der Waals surface area contributed by atoms with Gasteiger partial charge in [-0.3, -0.25) is 0 Å². The molecule has 1 atom stereocenters. The van der Waals surface area contributed by atoms with E-state index in [1.165, 1.54) is 6.07 Å². The first-order valence-electron chi connectivity index (χ1n) is 6.48. The van der Waals surface area contributed by atoms with Crippen LogP contribution in [0.3, 0.4) is 0 Å². The summed E-state index contributed by atoms with van der Waals surface area (Å²) in [6.45, 7) is 2.67. The van der Waals surface area contributed by atoms with Crippen molar-refractivity contribution in [2.45, 2.75) is 19.4 Å². The largest absolute Gasteiger partial charge is 0.396 e. The van der Waals surface area contributed by atoms with Crippen LogP contribution in [0.25, 0.3) is 0 Å². The monoisotopic (exact) mass is 287 g/mol. The molecule has 1 fully saturated rings. The highest BCUT2D eigenvalue weighted by Crippen LogP contribution is 2.31. The molecular weight excluding hydrogens is 269 g/mol. The molecule has 0 amide bonds. The second-order valence-electron chi connectivity index (χ2n) is 5.12. The second-order valence-corrected chi connectivity index (χ2v) is 5.55. The molecule has 1 aromatic rings. The van der Waals surface area contributed by atoms with Gasteiger partial charge in [0, 0.05) is 42.3 Å². The number of aliphatic hydroxyl groups is 1. The van der Waals surface area contributed by atoms with E-state index in [9.17, 15) is 4.39 Å². The summed E-state index contributed by atoms with van der Waals surface area (Å²) in [4.78, 5) is 0. The summed E-state index contributed by atoms with van der Waals surface area (Å²) in [5.74, 6) is -0.254. The van der Waals surface area contributed by atoms with Crippen molar-refractivity contribution >= 4 is 11.6 Å². The Bertz CT molecular complexity index is 422. The van der Waals surface area contributed by atoms with E-state index < -0.39 is 0 Å². The van der Waals surface area contributed by atoms with E-state index in [1.54, 1.807) is 12.1 Å². The number of rotatable bonds is 6. The highest BCUT2D eigenvalue weighted by atomic mass is 35.5. The summed E-state index contributed by atoms with van der Waals surface area (Å²) in [6, 6.07) is 4.55. The summed E-state index contributed by atoms with van der Waals surface area (Å²) >= 11 is 5.85. The van der Waals surface area contributed by atoms with Crippen LogP contribution in [0.1, 0.15) is 18.4 Å². The molecule has 1 heterocycles. The number of ether oxygens (including phenoxy) is 1. The van der Waals surface area contributed by atoms with Crippen molar-refractivity contribution in [1.29, 1.82) is 0 Å². The third kappa shape index (κ3) is 3.89. The molecule has 0 aromatic heterocycles. The van der Waals surface area contributed by atoms with E-state index in [4.69, 9.17) is 21.4 Å². The van der Waals surface area contributed by atoms with Crippen molar-refractivity contribution in [2.75, 3.05) is 26.4 Å². The Hall–Kier alpha value is -0.680. The average molecular weight is 288 g/mol. The molecule has 106 valence electrons. The van der Waals surface area contributed by atoms with E-state index in [0.29, 0.717) is 36.7 Å². The Morgan fingerprint density at radius 3 is 3.00 bits per heavy atom. The Morgan fingerprint density at radius 2 is 2.32 bits per heavy atom. The Kier molecular flexibility index (Phi) is 5.16. The van der Waals surface area contributed by atoms with Gasteiger partial charge in [-0.05, 0) is 31.0 Å². The standard InChI is InChI=1S/C14H19ClFNO2/c15-12-1-2-13(16)11(7-12)8-17-9-14(3-5-18)4-6-19-10-14/h1-2,7,17-18H,3-6,8-10H2. The van der Waals surface area contributed by atoms with Crippen LogP contribution in [0.2, 0.25) is 5.02 Å². The Morgan fingerprint density at radius 1 is 1.47 bits per heavy atom. The minimum atomic E-state index is -0.254. The van der Waals surface area contributed by atoms with Gasteiger partial charge < -0.3 is 15.2 Å². The molecule has 5 heteroatoms. The molecule has 0 spiro atoms. The van der Waals surface area contributed by atoms with Gasteiger partial charge in [0.05, 0.1) is 6.61 Å². The highest BCUT2D eigenvalue weighted by Gasteiger charge is 2.33. The third-order valence-corrected chi connectivity index (χ3v) is 3.89. The van der Waals surface area contributed by atoms with Gasteiger partial charge in [-0.15, -0.1) is 0 Å². The van der Waals surface area contributed by atoms with Crippen molar-refractivity contribution in [3.05, 3.63) is 34.6 Å². The molecule has 1 aliphatic heterocycles. The van der Waals surface area contributed by atoms with E-state index in [1.807, 2.05) is 0 Å². The van der Waals surface area contributed by atoms with Gasteiger partial charge in [0.15, 0.2) is 0 Å². The van der Waals surface area contributed by atoms with E-state index in [0.717, 1.165) is 13.0 Å². The lowest BCUT2D eigenvalue weighted by molar-refractivity contribution is 0.124. The van der Waals surface area contributed by atoms with Crippen LogP contribution in [0, 0.1) is 11.2 Å². The molecule has 0 aliphatic carbocycles. The van der Waals surface area contributed by atoms with Crippen LogP contribution >= 0.6 is 11.6 Å². The molecule has 0 bridgehead atoms. The summed E-state index contributed by atoms with van der Waals surface area (Å²) in [5.41, 5.74) is 0.537. The zero-order chi connectivity index (χ0) is 13.7. The van der Waals surface area contributed by atoms with Crippen molar-refractivity contribution < 1.29 is 14.2 Å². The number of benzene rings is 1. The first-order valence-corrected chi connectivity index (χ1v) is 6.86. The molecule has 0 saturated carbocycles. The number of aliphatic hydroxyl groups excluding tert-OH is 1. The molecule has 1 unspecified atom stereocenters. The SMILES string of the molecule is OCCC1(CNCc2cc(Cl)ccc2F)CCOC1. The maximum Gasteiger partial charge on any atom is 0.127 e. The van der Waals surface area contributed by atoms with Crippen molar-refractivity contribution in [3.8, 4) is 0 Å². The molecule has 1 aromatic carbocycles. The molecule has 1 aliphatic rings. The molecular formula is C14H19ClFNO2. The maximum absolute atomic E-state index is 13.6. The first kappa shape index (κ1) is 14.7. The number of hydrogen-bond donors (Lipinski definition) is 2. The van der Waals surface area contributed by atoms with E-state index >= 15 is 0 Å². The van der Waals surface area contributed by atoms with Crippen molar-refractivity contribution in [1.82, 2.24) is 5.32 Å². The van der Waals surface area contributed by atoms with E-state index in [-0.39, 0.29) is 17.8 Å². The van der Waals surface area contributed by atoms with E-state index in [2.05, 4.69) is 5.32 Å². The van der Waals surface area contributed by atoms with Gasteiger partial charge in [-0.2, -0.15) is 0 Å². The lowest BCUT2D eigenvalue weighted by atomic mass is 9.84. The van der Waals surface area contributed by atoms with Crippen LogP contribution in [-0.2, 0) is 11.3 Å². The quantitative estimate of drug-likeness (QED) is 0.844. The van der Waals surface area contributed by atoms with Gasteiger partial charge in [0.25, 0.3) is 0 Å². The Balaban J connectivity index is 1.90. The smallest absolute Gasteiger partial charge is 0.127 e. The number of halogens is 2. The topological polar surface area (TPSA) is 41.5 Å². The average Bonchev–Trinajstić information content (AvgIpc) is 2.83. The highest BCUT2D eigenvalue weighted by molar-refractivity contribution is 6.30. The summed E-state index contributed by atoms with van der Waals surface area (Å²) < 4.78 is 19.0. The van der Waals surface area contributed by atoms with Crippen LogP contribution in [-0.4, -0.2) is 31.5 Å². The van der Waals surface area contributed by atoms with Crippen molar-refractivity contribution in [3.63, 3.8) is 0 Å². The van der Waals surface area contributed by atoms with Crippen LogP contribution in [0.5, 0.6) is 0 Å². The van der Waals surface area contributed by atoms with Crippen molar-refractivity contribution in [2.24, 2.45) is 5.41 Å². The molecule has 3 nitrogen and oxygen atoms in total. The fraction of sp³-hybridized carbons (Fsp3) is 0.571. The van der Waals surface area contributed by atoms with Crippen LogP contribution < -0.4 is 5.32 Å². The fourth-order valence-electron chi connectivity index (χ4n) is 2.45. The summed E-state index contributed by atoms with van der Waals surface area (Å²) in [7, 11) is 0. The first-order chi connectivity index (χ1) is 9.15. The minimum Gasteiger partial charge on any atom is -0.396 e. The van der Waals surface area contributed by atoms with Gasteiger partial charge in [0.2, 0.25) is 0 Å². The summed E-state index contributed by atoms with van der Waals surface area (Å²) in [5, 5.41) is 12.9. The fourth-order valence-corrected chi connectivity index (χ4v) is 2.65. The van der Waals surface area contributed by atoms with Gasteiger partial charge in [-0.25, -0.2) is 4.39 Å². The molecule has 2 N–H and O–H groups in total. The number of nitrogens with one attached hydrogen (secondary N) is 1. The zero-order valence-electron chi connectivity index (χ0n) is 10.8. The minimum absolute atomic E-state index is 0.0240. The normalized spacial score (nSPS) is 22.9. The maximum atomic E-state index is 13.6. The van der Waals surface area contributed by atoms with Gasteiger partial charge in [0.1, 0.15) is 5.82 Å². The van der Waals surface area contributed by atoms with Crippen LogP contribution in [0.4, 0.5) is 4.39 Å². The lowest BCUT2D eigenvalue weighted by Crippen LogP contribution is -2.35. The van der Waals surface area contributed by atoms with Gasteiger partial charge >= 0.3 is 0 Å². The predicted molar refractivity (Wildman–Crippen MR) is 72.7 cm³/mol. The second kappa shape index (κ2) is 6.66. The molecule has 1 saturated heterocycles. The molecule has 0 radical (unpaired) electrons. The summed E-state index contributed by atoms with van der Waals surface area (Å²) in [6.07, 6.45) is 1.64. The predicted octanol–water partition coefficient (Wildman–Crippen LogP) is 2.36. The van der Waals surface area contributed by atoms with Crippen LogP contribution in [0.15, 0.2) is 18.2 Å². The molecule has 19 heavy (non-hydrogen) atoms. The van der Waals surface area contributed by atoms with Gasteiger partial charge in [-0.1, -0.05) is 11.6 Å². The third-order valence-electron chi connectivity index (χ3n) is 3.65. The zero-order valence-corrected chi connectivity index (χ0v) is 11.5. The number of hydrogen-bond acceptors (Lipinski definition) is 3. The molecule has 2 rings (SSSR count). The Labute approximate surface area is 117 Å². The lowest BCUT2D eigenvalue weighted by Gasteiger charge is -2.27.